The Labute approximate surface area is 108 Å². The van der Waals surface area contributed by atoms with E-state index in [1.165, 1.54) is 77.4 Å². The minimum Gasteiger partial charge on any atom is -0.381 e. The van der Waals surface area contributed by atoms with Crippen LogP contribution in [0.15, 0.2) is 0 Å². The maximum Gasteiger partial charge on any atom is 0.0466 e. The second-order valence-electron chi connectivity index (χ2n) is 5.28. The van der Waals surface area contributed by atoms with Crippen LogP contribution in [0.3, 0.4) is 0 Å². The molecule has 1 heterocycles. The van der Waals surface area contributed by atoms with Crippen LogP contribution < -0.4 is 0 Å². The molecule has 0 amide bonds. The SMILES string of the molecule is CCCCOCCCCCCN1CCCCC1. The van der Waals surface area contributed by atoms with Gasteiger partial charge in [-0.1, -0.05) is 32.6 Å². The van der Waals surface area contributed by atoms with Gasteiger partial charge in [0.1, 0.15) is 0 Å². The van der Waals surface area contributed by atoms with E-state index in [2.05, 4.69) is 11.8 Å². The molecule has 2 nitrogen and oxygen atoms in total. The molecule has 17 heavy (non-hydrogen) atoms. The lowest BCUT2D eigenvalue weighted by molar-refractivity contribution is 0.126. The Hall–Kier alpha value is -0.0800. The van der Waals surface area contributed by atoms with Crippen LogP contribution in [0.4, 0.5) is 0 Å². The van der Waals surface area contributed by atoms with E-state index in [4.69, 9.17) is 4.74 Å². The molecule has 0 radical (unpaired) electrons. The minimum atomic E-state index is 0.963. The van der Waals surface area contributed by atoms with Crippen molar-refractivity contribution in [3.63, 3.8) is 0 Å². The molecule has 1 rings (SSSR count). The highest BCUT2D eigenvalue weighted by molar-refractivity contribution is 4.64. The predicted molar refractivity (Wildman–Crippen MR) is 74.5 cm³/mol. The Morgan fingerprint density at radius 3 is 2.29 bits per heavy atom. The molecule has 102 valence electrons. The maximum atomic E-state index is 5.56. The normalized spacial score (nSPS) is 17.5. The molecular formula is C15H31NO. The van der Waals surface area contributed by atoms with E-state index in [1.54, 1.807) is 0 Å². The summed E-state index contributed by atoms with van der Waals surface area (Å²) in [5, 5.41) is 0. The van der Waals surface area contributed by atoms with Crippen molar-refractivity contribution in [3.05, 3.63) is 0 Å². The highest BCUT2D eigenvalue weighted by Gasteiger charge is 2.08. The zero-order valence-corrected chi connectivity index (χ0v) is 11.8. The lowest BCUT2D eigenvalue weighted by Crippen LogP contribution is -2.30. The van der Waals surface area contributed by atoms with Gasteiger partial charge >= 0.3 is 0 Å². The number of nitrogens with zero attached hydrogens (tertiary/aromatic N) is 1. The van der Waals surface area contributed by atoms with Crippen molar-refractivity contribution in [1.29, 1.82) is 0 Å². The molecule has 0 saturated carbocycles. The van der Waals surface area contributed by atoms with Crippen molar-refractivity contribution in [2.75, 3.05) is 32.8 Å². The van der Waals surface area contributed by atoms with Gasteiger partial charge in [-0.3, -0.25) is 0 Å². The average molecular weight is 241 g/mol. The van der Waals surface area contributed by atoms with Gasteiger partial charge in [-0.25, -0.2) is 0 Å². The molecule has 2 heteroatoms. The Bertz CT molecular complexity index is 155. The largest absolute Gasteiger partial charge is 0.381 e. The van der Waals surface area contributed by atoms with E-state index in [9.17, 15) is 0 Å². The van der Waals surface area contributed by atoms with Gasteiger partial charge in [0.25, 0.3) is 0 Å². The second kappa shape index (κ2) is 11.0. The molecule has 0 aromatic heterocycles. The van der Waals surface area contributed by atoms with Crippen LogP contribution in [0.25, 0.3) is 0 Å². The topological polar surface area (TPSA) is 12.5 Å². The molecule has 0 bridgehead atoms. The molecule has 0 N–H and O–H groups in total. The fourth-order valence-electron chi connectivity index (χ4n) is 2.42. The third kappa shape index (κ3) is 8.62. The van der Waals surface area contributed by atoms with Crippen LogP contribution in [0, 0.1) is 0 Å². The van der Waals surface area contributed by atoms with Gasteiger partial charge in [0, 0.05) is 13.2 Å². The summed E-state index contributed by atoms with van der Waals surface area (Å²) < 4.78 is 5.56. The number of piperidine rings is 1. The van der Waals surface area contributed by atoms with E-state index in [0.29, 0.717) is 0 Å². The highest BCUT2D eigenvalue weighted by atomic mass is 16.5. The van der Waals surface area contributed by atoms with E-state index in [0.717, 1.165) is 13.2 Å². The van der Waals surface area contributed by atoms with Crippen molar-refractivity contribution in [3.8, 4) is 0 Å². The summed E-state index contributed by atoms with van der Waals surface area (Å²) >= 11 is 0. The molecule has 0 aromatic rings. The quantitative estimate of drug-likeness (QED) is 0.539. The van der Waals surface area contributed by atoms with Gasteiger partial charge in [0.05, 0.1) is 0 Å². The van der Waals surface area contributed by atoms with Crippen molar-refractivity contribution in [2.24, 2.45) is 0 Å². The molecule has 0 aliphatic carbocycles. The third-order valence-electron chi connectivity index (χ3n) is 3.60. The first-order chi connectivity index (χ1) is 8.43. The Balaban J connectivity index is 1.75. The zero-order chi connectivity index (χ0) is 12.2. The first-order valence-electron chi connectivity index (χ1n) is 7.73. The number of unbranched alkanes of at least 4 members (excludes halogenated alkanes) is 4. The number of rotatable bonds is 10. The lowest BCUT2D eigenvalue weighted by Gasteiger charge is -2.26. The highest BCUT2D eigenvalue weighted by Crippen LogP contribution is 2.10. The van der Waals surface area contributed by atoms with Crippen LogP contribution >= 0.6 is 0 Å². The van der Waals surface area contributed by atoms with Crippen molar-refractivity contribution in [1.82, 2.24) is 4.90 Å². The standard InChI is InChI=1S/C15H31NO/c1-2-3-14-17-15-10-5-4-7-11-16-12-8-6-9-13-16/h2-15H2,1H3. The van der Waals surface area contributed by atoms with E-state index < -0.39 is 0 Å². The van der Waals surface area contributed by atoms with Crippen LogP contribution in [0.1, 0.15) is 64.7 Å². The third-order valence-corrected chi connectivity index (χ3v) is 3.60. The van der Waals surface area contributed by atoms with E-state index >= 15 is 0 Å². The fourth-order valence-corrected chi connectivity index (χ4v) is 2.42. The summed E-state index contributed by atoms with van der Waals surface area (Å²) in [5.41, 5.74) is 0. The van der Waals surface area contributed by atoms with Gasteiger partial charge < -0.3 is 9.64 Å². The van der Waals surface area contributed by atoms with Crippen LogP contribution in [0.5, 0.6) is 0 Å². The maximum absolute atomic E-state index is 5.56. The lowest BCUT2D eigenvalue weighted by atomic mass is 10.1. The summed E-state index contributed by atoms with van der Waals surface area (Å²) in [5.74, 6) is 0. The molecule has 0 unspecified atom stereocenters. The summed E-state index contributed by atoms with van der Waals surface area (Å²) in [6.45, 7) is 8.18. The number of hydrogen-bond donors (Lipinski definition) is 0. The first-order valence-corrected chi connectivity index (χ1v) is 7.73. The molecule has 0 atom stereocenters. The monoisotopic (exact) mass is 241 g/mol. The van der Waals surface area contributed by atoms with Crippen molar-refractivity contribution >= 4 is 0 Å². The van der Waals surface area contributed by atoms with Crippen LogP contribution in [-0.2, 0) is 4.74 Å². The smallest absolute Gasteiger partial charge is 0.0466 e. The van der Waals surface area contributed by atoms with Gasteiger partial charge in [-0.15, -0.1) is 0 Å². The molecule has 0 aromatic carbocycles. The van der Waals surface area contributed by atoms with Crippen molar-refractivity contribution in [2.45, 2.75) is 64.7 Å². The number of ether oxygens (including phenoxy) is 1. The molecule has 1 aliphatic rings. The molecule has 1 saturated heterocycles. The average Bonchev–Trinajstić information content (AvgIpc) is 2.38. The molecule has 1 fully saturated rings. The number of likely N-dealkylation sites (tertiary alicyclic amines) is 1. The van der Waals surface area contributed by atoms with E-state index in [-0.39, 0.29) is 0 Å². The molecular weight excluding hydrogens is 210 g/mol. The summed E-state index contributed by atoms with van der Waals surface area (Å²) in [6.07, 6.45) is 12.1. The van der Waals surface area contributed by atoms with Gasteiger partial charge in [0.2, 0.25) is 0 Å². The van der Waals surface area contributed by atoms with Crippen molar-refractivity contribution < 1.29 is 4.74 Å². The predicted octanol–water partition coefficient (Wildman–Crippen LogP) is 3.85. The van der Waals surface area contributed by atoms with Gasteiger partial charge in [-0.2, -0.15) is 0 Å². The molecule has 0 spiro atoms. The Morgan fingerprint density at radius 1 is 0.824 bits per heavy atom. The summed E-state index contributed by atoms with van der Waals surface area (Å²) in [4.78, 5) is 2.64. The van der Waals surface area contributed by atoms with Gasteiger partial charge in [0.15, 0.2) is 0 Å². The first kappa shape index (κ1) is 15.0. The zero-order valence-electron chi connectivity index (χ0n) is 11.8. The van der Waals surface area contributed by atoms with E-state index in [1.807, 2.05) is 0 Å². The number of hydrogen-bond acceptors (Lipinski definition) is 2. The Kier molecular flexibility index (Phi) is 9.72. The van der Waals surface area contributed by atoms with Crippen LogP contribution in [-0.4, -0.2) is 37.7 Å². The minimum absolute atomic E-state index is 0.963. The second-order valence-corrected chi connectivity index (χ2v) is 5.28. The Morgan fingerprint density at radius 2 is 1.53 bits per heavy atom. The van der Waals surface area contributed by atoms with Gasteiger partial charge in [-0.05, 0) is 51.7 Å². The summed E-state index contributed by atoms with van der Waals surface area (Å²) in [6, 6.07) is 0. The summed E-state index contributed by atoms with van der Waals surface area (Å²) in [7, 11) is 0. The molecule has 1 aliphatic heterocycles. The van der Waals surface area contributed by atoms with Crippen LogP contribution in [0.2, 0.25) is 0 Å². The fraction of sp³-hybridized carbons (Fsp3) is 1.00.